The predicted octanol–water partition coefficient (Wildman–Crippen LogP) is 3.51. The first-order valence-electron chi connectivity index (χ1n) is 7.26. The number of primary amides is 1. The van der Waals surface area contributed by atoms with Gasteiger partial charge in [0.1, 0.15) is 0 Å². The molecule has 0 fully saturated rings. The van der Waals surface area contributed by atoms with Gasteiger partial charge in [-0.15, -0.1) is 11.3 Å². The van der Waals surface area contributed by atoms with Crippen molar-refractivity contribution in [3.8, 4) is 0 Å². The highest BCUT2D eigenvalue weighted by Gasteiger charge is 2.17. The van der Waals surface area contributed by atoms with Crippen molar-refractivity contribution in [1.29, 1.82) is 0 Å². The number of aromatic nitrogens is 1. The van der Waals surface area contributed by atoms with Gasteiger partial charge >= 0.3 is 0 Å². The molecule has 5 nitrogen and oxygen atoms in total. The minimum atomic E-state index is -0.493. The Morgan fingerprint density at radius 2 is 1.88 bits per heavy atom. The zero-order valence-electron chi connectivity index (χ0n) is 12.9. The van der Waals surface area contributed by atoms with Crippen LogP contribution in [0.2, 0.25) is 0 Å². The summed E-state index contributed by atoms with van der Waals surface area (Å²) in [5.74, 6) is -0.612. The molecule has 2 aromatic carbocycles. The summed E-state index contributed by atoms with van der Waals surface area (Å²) in [5.41, 5.74) is 7.17. The number of carbonyl (C=O) groups is 2. The first kappa shape index (κ1) is 16.5. The van der Waals surface area contributed by atoms with Crippen LogP contribution in [-0.2, 0) is 4.79 Å². The monoisotopic (exact) mass is 357 g/mol. The molecule has 0 aliphatic rings. The van der Waals surface area contributed by atoms with Crippen LogP contribution in [0.1, 0.15) is 17.3 Å². The van der Waals surface area contributed by atoms with Crippen LogP contribution in [0.3, 0.4) is 0 Å². The van der Waals surface area contributed by atoms with Crippen LogP contribution >= 0.6 is 23.1 Å². The number of anilines is 1. The SMILES string of the molecule is C[C@H](Sc1nc2ccccc2s1)C(=O)Nc1ccc(C(N)=O)cc1. The van der Waals surface area contributed by atoms with Gasteiger partial charge < -0.3 is 11.1 Å². The molecule has 0 saturated heterocycles. The molecule has 0 aliphatic carbocycles. The average molecular weight is 357 g/mol. The number of carbonyl (C=O) groups excluding carboxylic acids is 2. The summed E-state index contributed by atoms with van der Waals surface area (Å²) in [6, 6.07) is 14.4. The van der Waals surface area contributed by atoms with Crippen molar-refractivity contribution in [2.75, 3.05) is 5.32 Å². The standard InChI is InChI=1S/C17H15N3O2S2/c1-10(23-17-20-13-4-2-3-5-14(13)24-17)16(22)19-12-8-6-11(7-9-12)15(18)21/h2-10H,1H3,(H2,18,21)(H,19,22)/t10-/m0/s1. The Kier molecular flexibility index (Phi) is 4.82. The molecule has 7 heteroatoms. The number of nitrogens with one attached hydrogen (secondary N) is 1. The van der Waals surface area contributed by atoms with Crippen LogP contribution in [0.15, 0.2) is 52.9 Å². The highest BCUT2D eigenvalue weighted by Crippen LogP contribution is 2.32. The van der Waals surface area contributed by atoms with Gasteiger partial charge in [-0.25, -0.2) is 4.98 Å². The fraction of sp³-hybridized carbons (Fsp3) is 0.118. The zero-order chi connectivity index (χ0) is 17.1. The van der Waals surface area contributed by atoms with E-state index < -0.39 is 5.91 Å². The topological polar surface area (TPSA) is 85.1 Å². The Morgan fingerprint density at radius 1 is 1.17 bits per heavy atom. The van der Waals surface area contributed by atoms with Gasteiger partial charge in [0.25, 0.3) is 0 Å². The third-order valence-electron chi connectivity index (χ3n) is 3.36. The fourth-order valence-electron chi connectivity index (χ4n) is 2.07. The van der Waals surface area contributed by atoms with Gasteiger partial charge in [0.05, 0.1) is 15.5 Å². The van der Waals surface area contributed by atoms with E-state index in [1.807, 2.05) is 31.2 Å². The maximum Gasteiger partial charge on any atom is 0.248 e. The van der Waals surface area contributed by atoms with Gasteiger partial charge in [0, 0.05) is 11.3 Å². The molecule has 3 N–H and O–H groups in total. The van der Waals surface area contributed by atoms with Gasteiger partial charge in [-0.3, -0.25) is 9.59 Å². The lowest BCUT2D eigenvalue weighted by atomic mass is 10.2. The Labute approximate surface area is 147 Å². The summed E-state index contributed by atoms with van der Waals surface area (Å²) in [6.45, 7) is 1.84. The average Bonchev–Trinajstić information content (AvgIpc) is 2.97. The molecule has 2 amide bonds. The number of nitrogens with two attached hydrogens (primary N) is 1. The molecule has 0 saturated carbocycles. The van der Waals surface area contributed by atoms with Gasteiger partial charge in [-0.2, -0.15) is 0 Å². The third-order valence-corrected chi connectivity index (χ3v) is 5.59. The molecule has 0 unspecified atom stereocenters. The van der Waals surface area contributed by atoms with Crippen molar-refractivity contribution in [3.05, 3.63) is 54.1 Å². The number of para-hydroxylation sites is 1. The molecule has 24 heavy (non-hydrogen) atoms. The summed E-state index contributed by atoms with van der Waals surface area (Å²) in [5, 5.41) is 2.54. The number of hydrogen-bond donors (Lipinski definition) is 2. The van der Waals surface area contributed by atoms with E-state index in [4.69, 9.17) is 5.73 Å². The lowest BCUT2D eigenvalue weighted by molar-refractivity contribution is -0.115. The molecule has 0 spiro atoms. The van der Waals surface area contributed by atoms with Crippen LogP contribution in [0.5, 0.6) is 0 Å². The van der Waals surface area contributed by atoms with Gasteiger partial charge in [-0.1, -0.05) is 23.9 Å². The maximum atomic E-state index is 12.3. The van der Waals surface area contributed by atoms with E-state index in [0.29, 0.717) is 11.3 Å². The first-order chi connectivity index (χ1) is 11.5. The highest BCUT2D eigenvalue weighted by atomic mass is 32.2. The zero-order valence-corrected chi connectivity index (χ0v) is 14.5. The first-order valence-corrected chi connectivity index (χ1v) is 8.95. The van der Waals surface area contributed by atoms with Crippen LogP contribution in [0, 0.1) is 0 Å². The van der Waals surface area contributed by atoms with Crippen molar-refractivity contribution in [3.63, 3.8) is 0 Å². The number of thiazole rings is 1. The minimum absolute atomic E-state index is 0.119. The lowest BCUT2D eigenvalue weighted by Crippen LogP contribution is -2.22. The molecule has 1 aromatic heterocycles. The molecule has 3 aromatic rings. The van der Waals surface area contributed by atoms with E-state index in [2.05, 4.69) is 10.3 Å². The van der Waals surface area contributed by atoms with Crippen LogP contribution in [0.4, 0.5) is 5.69 Å². The minimum Gasteiger partial charge on any atom is -0.366 e. The largest absolute Gasteiger partial charge is 0.366 e. The summed E-state index contributed by atoms with van der Waals surface area (Å²) < 4.78 is 1.97. The van der Waals surface area contributed by atoms with Crippen molar-refractivity contribution in [1.82, 2.24) is 4.98 Å². The molecule has 0 radical (unpaired) electrons. The van der Waals surface area contributed by atoms with Crippen molar-refractivity contribution in [2.45, 2.75) is 16.5 Å². The molecule has 1 atom stereocenters. The number of amides is 2. The van der Waals surface area contributed by atoms with Gasteiger partial charge in [0.15, 0.2) is 4.34 Å². The predicted molar refractivity (Wildman–Crippen MR) is 98.5 cm³/mol. The quantitative estimate of drug-likeness (QED) is 0.684. The molecule has 0 aliphatic heterocycles. The van der Waals surface area contributed by atoms with E-state index in [9.17, 15) is 9.59 Å². The highest BCUT2D eigenvalue weighted by molar-refractivity contribution is 8.02. The Morgan fingerprint density at radius 3 is 2.54 bits per heavy atom. The van der Waals surface area contributed by atoms with Crippen LogP contribution in [0.25, 0.3) is 10.2 Å². The van der Waals surface area contributed by atoms with E-state index >= 15 is 0 Å². The van der Waals surface area contributed by atoms with E-state index in [1.165, 1.54) is 11.8 Å². The number of fused-ring (bicyclic) bond motifs is 1. The van der Waals surface area contributed by atoms with E-state index in [1.54, 1.807) is 35.6 Å². The Balaban J connectivity index is 1.64. The summed E-state index contributed by atoms with van der Waals surface area (Å²) >= 11 is 3.00. The van der Waals surface area contributed by atoms with E-state index in [-0.39, 0.29) is 11.2 Å². The summed E-state index contributed by atoms with van der Waals surface area (Å²) in [7, 11) is 0. The molecule has 122 valence electrons. The van der Waals surface area contributed by atoms with Crippen molar-refractivity contribution in [2.24, 2.45) is 5.73 Å². The molecule has 1 heterocycles. The second-order valence-corrected chi connectivity index (χ2v) is 7.76. The number of thioether (sulfide) groups is 1. The second kappa shape index (κ2) is 7.02. The number of benzene rings is 2. The number of hydrogen-bond acceptors (Lipinski definition) is 5. The van der Waals surface area contributed by atoms with Crippen molar-refractivity contribution >= 4 is 50.8 Å². The molecule has 0 bridgehead atoms. The third kappa shape index (κ3) is 3.74. The lowest BCUT2D eigenvalue weighted by Gasteiger charge is -2.10. The number of nitrogens with zero attached hydrogens (tertiary/aromatic N) is 1. The van der Waals surface area contributed by atoms with Crippen LogP contribution in [-0.4, -0.2) is 22.0 Å². The van der Waals surface area contributed by atoms with Crippen molar-refractivity contribution < 1.29 is 9.59 Å². The Bertz CT molecular complexity index is 857. The summed E-state index contributed by atoms with van der Waals surface area (Å²) in [6.07, 6.45) is 0. The molecule has 3 rings (SSSR count). The Hall–Kier alpha value is -2.38. The van der Waals surface area contributed by atoms with Gasteiger partial charge in [-0.05, 0) is 43.3 Å². The fourth-order valence-corrected chi connectivity index (χ4v) is 4.28. The van der Waals surface area contributed by atoms with Crippen LogP contribution < -0.4 is 11.1 Å². The normalized spacial score (nSPS) is 12.0. The van der Waals surface area contributed by atoms with E-state index in [0.717, 1.165) is 14.6 Å². The smallest absolute Gasteiger partial charge is 0.248 e. The molecular formula is C17H15N3O2S2. The van der Waals surface area contributed by atoms with Gasteiger partial charge in [0.2, 0.25) is 11.8 Å². The molecular weight excluding hydrogens is 342 g/mol. The second-order valence-electron chi connectivity index (χ2n) is 5.14. The summed E-state index contributed by atoms with van der Waals surface area (Å²) in [4.78, 5) is 27.9. The number of rotatable bonds is 5. The maximum absolute atomic E-state index is 12.3.